The van der Waals surface area contributed by atoms with Crippen LogP contribution < -0.4 is 0 Å². The molecule has 0 aliphatic heterocycles. The van der Waals surface area contributed by atoms with Crippen LogP contribution in [0.25, 0.3) is 11.5 Å². The SMILES string of the molecule is Cc1coc(-c2ccc(Br)cc2)n1.N#Cc1ccc(Br)cc1. The molecule has 0 N–H and O–H groups in total. The average Bonchev–Trinajstić information content (AvgIpc) is 2.96. The fraction of sp³-hybridized carbons (Fsp3) is 0.0588. The molecule has 110 valence electrons. The first-order chi connectivity index (χ1) is 10.6. The van der Waals surface area contributed by atoms with Crippen molar-refractivity contribution in [1.82, 2.24) is 4.98 Å². The lowest BCUT2D eigenvalue weighted by atomic mass is 10.2. The third kappa shape index (κ3) is 4.83. The number of halogens is 2. The molecule has 5 heteroatoms. The highest BCUT2D eigenvalue weighted by molar-refractivity contribution is 9.10. The van der Waals surface area contributed by atoms with Crippen molar-refractivity contribution in [3.05, 3.63) is 75.0 Å². The van der Waals surface area contributed by atoms with E-state index in [0.717, 1.165) is 20.2 Å². The van der Waals surface area contributed by atoms with Crippen molar-refractivity contribution in [2.75, 3.05) is 0 Å². The maximum Gasteiger partial charge on any atom is 0.226 e. The summed E-state index contributed by atoms with van der Waals surface area (Å²) in [6, 6.07) is 17.1. The molecule has 0 saturated carbocycles. The van der Waals surface area contributed by atoms with Gasteiger partial charge in [0.2, 0.25) is 5.89 Å². The lowest BCUT2D eigenvalue weighted by Gasteiger charge is -1.94. The van der Waals surface area contributed by atoms with Crippen LogP contribution in [0.15, 0.2) is 68.2 Å². The minimum absolute atomic E-state index is 0.671. The van der Waals surface area contributed by atoms with E-state index in [1.807, 2.05) is 49.4 Å². The first kappa shape index (κ1) is 16.5. The van der Waals surface area contributed by atoms with E-state index in [9.17, 15) is 0 Å². The molecule has 0 radical (unpaired) electrons. The standard InChI is InChI=1S/C10H8BrNO.C7H4BrN/c1-7-6-13-10(12-7)8-2-4-9(11)5-3-8;8-7-3-1-6(5-9)2-4-7/h2-6H,1H3;1-4H. The number of nitriles is 1. The van der Waals surface area contributed by atoms with Gasteiger partial charge >= 0.3 is 0 Å². The van der Waals surface area contributed by atoms with Gasteiger partial charge in [-0.15, -0.1) is 0 Å². The summed E-state index contributed by atoms with van der Waals surface area (Å²) in [5.41, 5.74) is 2.59. The molecule has 3 aromatic rings. The molecule has 3 rings (SSSR count). The molecule has 0 aliphatic carbocycles. The van der Waals surface area contributed by atoms with Gasteiger partial charge in [-0.2, -0.15) is 5.26 Å². The summed E-state index contributed by atoms with van der Waals surface area (Å²) in [5.74, 6) is 0.671. The Balaban J connectivity index is 0.000000172. The largest absolute Gasteiger partial charge is 0.444 e. The summed E-state index contributed by atoms with van der Waals surface area (Å²) < 4.78 is 7.32. The smallest absolute Gasteiger partial charge is 0.226 e. The summed E-state index contributed by atoms with van der Waals surface area (Å²) in [4.78, 5) is 4.23. The van der Waals surface area contributed by atoms with Crippen molar-refractivity contribution < 1.29 is 4.42 Å². The topological polar surface area (TPSA) is 49.8 Å². The highest BCUT2D eigenvalue weighted by Crippen LogP contribution is 2.20. The molecule has 0 atom stereocenters. The average molecular weight is 420 g/mol. The Kier molecular flexibility index (Phi) is 5.93. The number of benzene rings is 2. The Labute approximate surface area is 145 Å². The number of nitrogens with zero attached hydrogens (tertiary/aromatic N) is 2. The van der Waals surface area contributed by atoms with Crippen LogP contribution in [0.5, 0.6) is 0 Å². The second-order valence-corrected chi connectivity index (χ2v) is 6.25. The molecule has 0 bridgehead atoms. The number of rotatable bonds is 1. The Morgan fingerprint density at radius 1 is 0.955 bits per heavy atom. The summed E-state index contributed by atoms with van der Waals surface area (Å²) >= 11 is 6.64. The second-order valence-electron chi connectivity index (χ2n) is 4.42. The minimum Gasteiger partial charge on any atom is -0.444 e. The monoisotopic (exact) mass is 418 g/mol. The van der Waals surface area contributed by atoms with Gasteiger partial charge in [0, 0.05) is 14.5 Å². The van der Waals surface area contributed by atoms with Gasteiger partial charge in [-0.1, -0.05) is 31.9 Å². The third-order valence-electron chi connectivity index (χ3n) is 2.68. The molecule has 0 unspecified atom stereocenters. The van der Waals surface area contributed by atoms with E-state index >= 15 is 0 Å². The summed E-state index contributed by atoms with van der Waals surface area (Å²) in [6.45, 7) is 1.91. The van der Waals surface area contributed by atoms with Crippen molar-refractivity contribution in [3.8, 4) is 17.5 Å². The van der Waals surface area contributed by atoms with Crippen LogP contribution in [0.2, 0.25) is 0 Å². The lowest BCUT2D eigenvalue weighted by Crippen LogP contribution is -1.76. The molecule has 0 aliphatic rings. The number of oxazole rings is 1. The maximum atomic E-state index is 8.36. The highest BCUT2D eigenvalue weighted by Gasteiger charge is 2.02. The van der Waals surface area contributed by atoms with E-state index in [1.54, 1.807) is 18.4 Å². The van der Waals surface area contributed by atoms with Crippen LogP contribution in [0.4, 0.5) is 0 Å². The van der Waals surface area contributed by atoms with Crippen LogP contribution in [0, 0.1) is 18.3 Å². The normalized spacial score (nSPS) is 9.55. The van der Waals surface area contributed by atoms with E-state index in [1.165, 1.54) is 0 Å². The Bertz CT molecular complexity index is 772. The van der Waals surface area contributed by atoms with E-state index in [4.69, 9.17) is 9.68 Å². The van der Waals surface area contributed by atoms with Gasteiger partial charge in [-0.05, 0) is 55.5 Å². The molecule has 0 amide bonds. The molecular formula is C17H12Br2N2O. The van der Waals surface area contributed by atoms with Crippen LogP contribution in [0.1, 0.15) is 11.3 Å². The zero-order valence-electron chi connectivity index (χ0n) is 11.8. The number of hydrogen-bond donors (Lipinski definition) is 0. The fourth-order valence-corrected chi connectivity index (χ4v) is 2.13. The van der Waals surface area contributed by atoms with Gasteiger partial charge < -0.3 is 4.42 Å². The zero-order chi connectivity index (χ0) is 15.9. The molecule has 3 nitrogen and oxygen atoms in total. The van der Waals surface area contributed by atoms with Crippen LogP contribution in [0.3, 0.4) is 0 Å². The first-order valence-electron chi connectivity index (χ1n) is 6.42. The van der Waals surface area contributed by atoms with Crippen molar-refractivity contribution in [3.63, 3.8) is 0 Å². The second kappa shape index (κ2) is 7.92. The van der Waals surface area contributed by atoms with Crippen molar-refractivity contribution in [2.24, 2.45) is 0 Å². The quantitative estimate of drug-likeness (QED) is 0.505. The Morgan fingerprint density at radius 2 is 1.50 bits per heavy atom. The lowest BCUT2D eigenvalue weighted by molar-refractivity contribution is 0.573. The predicted octanol–water partition coefficient (Wildman–Crippen LogP) is 5.73. The van der Waals surface area contributed by atoms with E-state index < -0.39 is 0 Å². The Morgan fingerprint density at radius 3 is 1.95 bits per heavy atom. The van der Waals surface area contributed by atoms with Gasteiger partial charge in [-0.3, -0.25) is 0 Å². The third-order valence-corrected chi connectivity index (χ3v) is 3.74. The van der Waals surface area contributed by atoms with E-state index in [2.05, 4.69) is 36.8 Å². The fourth-order valence-electron chi connectivity index (χ4n) is 1.60. The van der Waals surface area contributed by atoms with Crippen LogP contribution >= 0.6 is 31.9 Å². The first-order valence-corrected chi connectivity index (χ1v) is 8.01. The molecule has 1 heterocycles. The number of aromatic nitrogens is 1. The minimum atomic E-state index is 0.671. The molecular weight excluding hydrogens is 408 g/mol. The van der Waals surface area contributed by atoms with Crippen molar-refractivity contribution >= 4 is 31.9 Å². The van der Waals surface area contributed by atoms with Gasteiger partial charge in [0.1, 0.15) is 6.26 Å². The van der Waals surface area contributed by atoms with Gasteiger partial charge in [-0.25, -0.2) is 4.98 Å². The number of hydrogen-bond acceptors (Lipinski definition) is 3. The van der Waals surface area contributed by atoms with Gasteiger partial charge in [0.15, 0.2) is 0 Å². The van der Waals surface area contributed by atoms with Crippen LogP contribution in [-0.4, -0.2) is 4.98 Å². The van der Waals surface area contributed by atoms with Crippen molar-refractivity contribution in [2.45, 2.75) is 6.92 Å². The molecule has 0 spiro atoms. The van der Waals surface area contributed by atoms with E-state index in [-0.39, 0.29) is 0 Å². The highest BCUT2D eigenvalue weighted by atomic mass is 79.9. The molecule has 0 fully saturated rings. The molecule has 1 aromatic heterocycles. The van der Waals surface area contributed by atoms with Crippen molar-refractivity contribution in [1.29, 1.82) is 5.26 Å². The predicted molar refractivity (Wildman–Crippen MR) is 93.2 cm³/mol. The molecule has 22 heavy (non-hydrogen) atoms. The van der Waals surface area contributed by atoms with Crippen LogP contribution in [-0.2, 0) is 0 Å². The Hall–Kier alpha value is -1.90. The summed E-state index contributed by atoms with van der Waals surface area (Å²) in [7, 11) is 0. The maximum absolute atomic E-state index is 8.36. The van der Waals surface area contributed by atoms with Gasteiger partial charge in [0.05, 0.1) is 17.3 Å². The summed E-state index contributed by atoms with van der Waals surface area (Å²) in [5, 5.41) is 8.36. The van der Waals surface area contributed by atoms with Gasteiger partial charge in [0.25, 0.3) is 0 Å². The summed E-state index contributed by atoms with van der Waals surface area (Å²) in [6.07, 6.45) is 1.65. The molecule has 2 aromatic carbocycles. The van der Waals surface area contributed by atoms with E-state index in [0.29, 0.717) is 11.5 Å². The zero-order valence-corrected chi connectivity index (χ0v) is 14.9. The number of aryl methyl sites for hydroxylation is 1. The molecule has 0 saturated heterocycles.